The number of benzene rings is 1. The predicted octanol–water partition coefficient (Wildman–Crippen LogP) is 1.14. The van der Waals surface area contributed by atoms with E-state index in [0.717, 1.165) is 18.3 Å². The minimum Gasteiger partial charge on any atom is -0.507 e. The van der Waals surface area contributed by atoms with Crippen LogP contribution in [-0.4, -0.2) is 35.0 Å². The number of hydrogen-bond donors (Lipinski definition) is 3. The van der Waals surface area contributed by atoms with E-state index >= 15 is 0 Å². The molecule has 0 amide bonds. The molecule has 0 spiro atoms. The number of aromatic hydroxyl groups is 1. The van der Waals surface area contributed by atoms with E-state index in [1.807, 2.05) is 0 Å². The van der Waals surface area contributed by atoms with Gasteiger partial charge in [0.1, 0.15) is 17.6 Å². The van der Waals surface area contributed by atoms with Crippen LogP contribution < -0.4 is 5.73 Å². The molecular formula is C12H15FN2O3. The Kier molecular flexibility index (Phi) is 5.26. The molecule has 1 aromatic carbocycles. The second-order valence-electron chi connectivity index (χ2n) is 3.77. The summed E-state index contributed by atoms with van der Waals surface area (Å²) in [5.41, 5.74) is 5.44. The number of hydrogen-bond acceptors (Lipinski definition) is 4. The Morgan fingerprint density at radius 3 is 2.89 bits per heavy atom. The maximum absolute atomic E-state index is 12.9. The molecule has 1 aromatic rings. The molecule has 0 aliphatic heterocycles. The third kappa shape index (κ3) is 4.14. The number of aliphatic imine (C=N–C) groups is 1. The normalized spacial score (nSPS) is 12.8. The van der Waals surface area contributed by atoms with Crippen molar-refractivity contribution < 1.29 is 19.4 Å². The van der Waals surface area contributed by atoms with E-state index in [-0.39, 0.29) is 11.3 Å². The number of phenolic OH excluding ortho intramolecular Hbond substituents is 1. The first-order valence-electron chi connectivity index (χ1n) is 5.49. The van der Waals surface area contributed by atoms with E-state index in [2.05, 4.69) is 4.99 Å². The van der Waals surface area contributed by atoms with Gasteiger partial charge in [0.15, 0.2) is 0 Å². The van der Waals surface area contributed by atoms with Crippen LogP contribution in [0.2, 0.25) is 0 Å². The van der Waals surface area contributed by atoms with Crippen molar-refractivity contribution in [3.8, 4) is 5.75 Å². The molecule has 0 saturated heterocycles. The molecule has 18 heavy (non-hydrogen) atoms. The van der Waals surface area contributed by atoms with E-state index < -0.39 is 17.8 Å². The summed E-state index contributed by atoms with van der Waals surface area (Å²) in [7, 11) is 0. The minimum absolute atomic E-state index is 0.147. The van der Waals surface area contributed by atoms with Crippen molar-refractivity contribution in [1.82, 2.24) is 0 Å². The number of halogens is 1. The predicted molar refractivity (Wildman–Crippen MR) is 65.4 cm³/mol. The monoisotopic (exact) mass is 254 g/mol. The number of nitrogens with two attached hydrogens (primary N) is 1. The lowest BCUT2D eigenvalue weighted by Gasteiger charge is -2.06. The molecule has 0 aromatic heterocycles. The lowest BCUT2D eigenvalue weighted by molar-refractivity contribution is -0.138. The summed E-state index contributed by atoms with van der Waals surface area (Å²) in [6.07, 6.45) is 2.00. The van der Waals surface area contributed by atoms with Crippen molar-refractivity contribution in [2.24, 2.45) is 10.7 Å². The van der Waals surface area contributed by atoms with E-state index in [1.165, 1.54) is 6.07 Å². The van der Waals surface area contributed by atoms with Gasteiger partial charge in [0, 0.05) is 11.8 Å². The SMILES string of the molecule is NCCC[C@H](N=Cc1cc(F)ccc1O)C(=O)O. The van der Waals surface area contributed by atoms with Crippen LogP contribution in [0.4, 0.5) is 4.39 Å². The highest BCUT2D eigenvalue weighted by atomic mass is 19.1. The van der Waals surface area contributed by atoms with Crippen LogP contribution in [0.15, 0.2) is 23.2 Å². The van der Waals surface area contributed by atoms with Gasteiger partial charge >= 0.3 is 5.97 Å². The van der Waals surface area contributed by atoms with Gasteiger partial charge in [0.25, 0.3) is 0 Å². The van der Waals surface area contributed by atoms with Gasteiger partial charge in [-0.1, -0.05) is 0 Å². The molecule has 0 radical (unpaired) electrons. The molecule has 0 bridgehead atoms. The molecule has 98 valence electrons. The highest BCUT2D eigenvalue weighted by molar-refractivity contribution is 5.85. The number of carboxylic acid groups (broad SMARTS) is 1. The summed E-state index contributed by atoms with van der Waals surface area (Å²) in [6, 6.07) is 2.44. The second kappa shape index (κ2) is 6.70. The Morgan fingerprint density at radius 1 is 1.56 bits per heavy atom. The van der Waals surface area contributed by atoms with Gasteiger partial charge in [0.05, 0.1) is 0 Å². The zero-order valence-corrected chi connectivity index (χ0v) is 9.71. The highest BCUT2D eigenvalue weighted by Gasteiger charge is 2.14. The summed E-state index contributed by atoms with van der Waals surface area (Å²) in [5, 5.41) is 18.3. The van der Waals surface area contributed by atoms with Gasteiger partial charge in [-0.3, -0.25) is 4.99 Å². The lowest BCUT2D eigenvalue weighted by atomic mass is 10.1. The first kappa shape index (κ1) is 14.1. The summed E-state index contributed by atoms with van der Waals surface area (Å²) in [4.78, 5) is 14.7. The molecule has 0 aliphatic carbocycles. The molecule has 0 aliphatic rings. The van der Waals surface area contributed by atoms with Crippen LogP contribution in [-0.2, 0) is 4.79 Å². The van der Waals surface area contributed by atoms with Gasteiger partial charge in [-0.25, -0.2) is 9.18 Å². The van der Waals surface area contributed by atoms with E-state index in [0.29, 0.717) is 19.4 Å². The van der Waals surface area contributed by atoms with Gasteiger partial charge in [-0.15, -0.1) is 0 Å². The molecule has 0 unspecified atom stereocenters. The average Bonchev–Trinajstić information content (AvgIpc) is 2.33. The van der Waals surface area contributed by atoms with E-state index in [1.54, 1.807) is 0 Å². The van der Waals surface area contributed by atoms with Crippen LogP contribution in [0.5, 0.6) is 5.75 Å². The van der Waals surface area contributed by atoms with Crippen LogP contribution >= 0.6 is 0 Å². The van der Waals surface area contributed by atoms with Crippen LogP contribution in [0.25, 0.3) is 0 Å². The zero-order valence-electron chi connectivity index (χ0n) is 9.71. The quantitative estimate of drug-likeness (QED) is 0.663. The van der Waals surface area contributed by atoms with Crippen molar-refractivity contribution in [3.05, 3.63) is 29.6 Å². The second-order valence-corrected chi connectivity index (χ2v) is 3.77. The topological polar surface area (TPSA) is 95.9 Å². The van der Waals surface area contributed by atoms with Crippen molar-refractivity contribution >= 4 is 12.2 Å². The fourth-order valence-corrected chi connectivity index (χ4v) is 1.37. The maximum Gasteiger partial charge on any atom is 0.328 e. The Bertz CT molecular complexity index is 449. The Morgan fingerprint density at radius 2 is 2.28 bits per heavy atom. The fourth-order valence-electron chi connectivity index (χ4n) is 1.37. The average molecular weight is 254 g/mol. The molecule has 1 rings (SSSR count). The van der Waals surface area contributed by atoms with Crippen molar-refractivity contribution in [1.29, 1.82) is 0 Å². The lowest BCUT2D eigenvalue weighted by Crippen LogP contribution is -2.19. The summed E-state index contributed by atoms with van der Waals surface area (Å²) in [5.74, 6) is -1.75. The van der Waals surface area contributed by atoms with Gasteiger partial charge in [0.2, 0.25) is 0 Å². The van der Waals surface area contributed by atoms with Crippen molar-refractivity contribution in [2.45, 2.75) is 18.9 Å². The number of rotatable bonds is 6. The first-order chi connectivity index (χ1) is 8.54. The summed E-state index contributed by atoms with van der Waals surface area (Å²) in [6.45, 7) is 0.379. The zero-order chi connectivity index (χ0) is 13.5. The van der Waals surface area contributed by atoms with Gasteiger partial charge in [-0.2, -0.15) is 0 Å². The van der Waals surface area contributed by atoms with Gasteiger partial charge < -0.3 is 15.9 Å². The number of phenols is 1. The number of carboxylic acids is 1. The molecular weight excluding hydrogens is 239 g/mol. The first-order valence-corrected chi connectivity index (χ1v) is 5.49. The maximum atomic E-state index is 12.9. The Labute approximate surface area is 104 Å². The molecule has 6 heteroatoms. The fraction of sp³-hybridized carbons (Fsp3) is 0.333. The summed E-state index contributed by atoms with van der Waals surface area (Å²) < 4.78 is 12.9. The third-order valence-corrected chi connectivity index (χ3v) is 2.35. The number of nitrogens with zero attached hydrogens (tertiary/aromatic N) is 1. The highest BCUT2D eigenvalue weighted by Crippen LogP contribution is 2.16. The number of aliphatic carboxylic acids is 1. The third-order valence-electron chi connectivity index (χ3n) is 2.35. The largest absolute Gasteiger partial charge is 0.507 e. The summed E-state index contributed by atoms with van der Waals surface area (Å²) >= 11 is 0. The minimum atomic E-state index is -1.07. The Hall–Kier alpha value is -1.95. The van der Waals surface area contributed by atoms with Crippen molar-refractivity contribution in [2.75, 3.05) is 6.54 Å². The molecule has 0 fully saturated rings. The van der Waals surface area contributed by atoms with Crippen LogP contribution in [0.3, 0.4) is 0 Å². The van der Waals surface area contributed by atoms with E-state index in [9.17, 15) is 14.3 Å². The standard InChI is InChI=1S/C12H15FN2O3/c13-9-3-4-11(16)8(6-9)7-15-10(12(17)18)2-1-5-14/h3-4,6-7,10,16H,1-2,5,14H2,(H,17,18)/t10-/m0/s1. The molecule has 0 saturated carbocycles. The van der Waals surface area contributed by atoms with Gasteiger partial charge in [-0.05, 0) is 37.6 Å². The molecule has 0 heterocycles. The molecule has 1 atom stereocenters. The molecule has 5 nitrogen and oxygen atoms in total. The van der Waals surface area contributed by atoms with Crippen LogP contribution in [0.1, 0.15) is 18.4 Å². The molecule has 4 N–H and O–H groups in total. The van der Waals surface area contributed by atoms with Crippen molar-refractivity contribution in [3.63, 3.8) is 0 Å². The Balaban J connectivity index is 2.81. The van der Waals surface area contributed by atoms with E-state index in [4.69, 9.17) is 10.8 Å². The smallest absolute Gasteiger partial charge is 0.328 e. The number of carbonyl (C=O) groups is 1. The van der Waals surface area contributed by atoms with Crippen LogP contribution in [0, 0.1) is 5.82 Å².